The predicted molar refractivity (Wildman–Crippen MR) is 77.8 cm³/mol. The third kappa shape index (κ3) is 5.33. The molecule has 0 spiro atoms. The minimum atomic E-state index is -3.21. The average molecular weight is 300 g/mol. The van der Waals surface area contributed by atoms with Crippen LogP contribution in [0.3, 0.4) is 0 Å². The third-order valence-electron chi connectivity index (χ3n) is 2.60. The van der Waals surface area contributed by atoms with Gasteiger partial charge in [0.25, 0.3) is 0 Å². The molecule has 0 saturated carbocycles. The highest BCUT2D eigenvalue weighted by molar-refractivity contribution is 7.57. The first kappa shape index (κ1) is 16.7. The molecule has 2 atom stereocenters. The molecule has 0 aliphatic heterocycles. The van der Waals surface area contributed by atoms with Crippen LogP contribution in [-0.2, 0) is 14.1 Å². The maximum Gasteiger partial charge on any atom is 0.323 e. The van der Waals surface area contributed by atoms with E-state index in [-0.39, 0.29) is 6.16 Å². The predicted octanol–water partition coefficient (Wildman–Crippen LogP) is 1.76. The summed E-state index contributed by atoms with van der Waals surface area (Å²) in [6, 6.07) is 8.10. The van der Waals surface area contributed by atoms with Crippen molar-refractivity contribution in [3.05, 3.63) is 30.3 Å². The normalized spacial score (nSPS) is 15.2. The summed E-state index contributed by atoms with van der Waals surface area (Å²) < 4.78 is 22.9. The average Bonchev–Trinajstić information content (AvgIpc) is 2.45. The van der Waals surface area contributed by atoms with E-state index in [9.17, 15) is 9.36 Å². The standard InChI is InChI=1S/C13H21N2O4P/c1-11(13(16)18-2)15-20(17,10-6-9-14)19-12-7-4-3-5-8-12/h3-5,7-8,11H,6,9-10,14H2,1-2H3,(H,15,17). The van der Waals surface area contributed by atoms with E-state index in [4.69, 9.17) is 10.3 Å². The zero-order valence-electron chi connectivity index (χ0n) is 11.7. The first-order chi connectivity index (χ1) is 9.50. The molecule has 0 saturated heterocycles. The fraction of sp³-hybridized carbons (Fsp3) is 0.462. The summed E-state index contributed by atoms with van der Waals surface area (Å²) in [7, 11) is -1.93. The molecule has 112 valence electrons. The molecule has 3 N–H and O–H groups in total. The molecule has 1 aromatic rings. The Kier molecular flexibility index (Phi) is 6.71. The fourth-order valence-corrected chi connectivity index (χ4v) is 3.64. The molecule has 0 radical (unpaired) electrons. The molecule has 0 amide bonds. The molecule has 2 unspecified atom stereocenters. The molecule has 0 aromatic heterocycles. The highest BCUT2D eigenvalue weighted by atomic mass is 31.2. The summed E-state index contributed by atoms with van der Waals surface area (Å²) in [5, 5.41) is 2.73. The van der Waals surface area contributed by atoms with Gasteiger partial charge in [-0.2, -0.15) is 0 Å². The van der Waals surface area contributed by atoms with Crippen LogP contribution in [0.1, 0.15) is 13.3 Å². The number of esters is 1. The van der Waals surface area contributed by atoms with Crippen LogP contribution in [0.5, 0.6) is 5.75 Å². The van der Waals surface area contributed by atoms with Crippen molar-refractivity contribution in [2.75, 3.05) is 19.8 Å². The van der Waals surface area contributed by atoms with Crippen molar-refractivity contribution in [3.8, 4) is 5.75 Å². The van der Waals surface area contributed by atoms with Crippen LogP contribution >= 0.6 is 7.52 Å². The highest BCUT2D eigenvalue weighted by Crippen LogP contribution is 2.44. The number of carbonyl (C=O) groups excluding carboxylic acids is 1. The van der Waals surface area contributed by atoms with Crippen LogP contribution in [-0.4, -0.2) is 31.8 Å². The molecular weight excluding hydrogens is 279 g/mol. The monoisotopic (exact) mass is 300 g/mol. The number of methoxy groups -OCH3 is 1. The lowest BCUT2D eigenvalue weighted by molar-refractivity contribution is -0.142. The van der Waals surface area contributed by atoms with Gasteiger partial charge in [-0.3, -0.25) is 9.36 Å². The molecule has 0 fully saturated rings. The van der Waals surface area contributed by atoms with Crippen LogP contribution in [0, 0.1) is 0 Å². The number of para-hydroxylation sites is 1. The van der Waals surface area contributed by atoms with E-state index in [2.05, 4.69) is 9.82 Å². The SMILES string of the molecule is COC(=O)C(C)NP(=O)(CCCN)Oc1ccccc1. The lowest BCUT2D eigenvalue weighted by Gasteiger charge is -2.23. The van der Waals surface area contributed by atoms with Crippen molar-refractivity contribution in [2.45, 2.75) is 19.4 Å². The maximum atomic E-state index is 12.8. The van der Waals surface area contributed by atoms with Crippen LogP contribution in [0.2, 0.25) is 0 Å². The summed E-state index contributed by atoms with van der Waals surface area (Å²) in [6.45, 7) is 1.98. The van der Waals surface area contributed by atoms with Crippen LogP contribution < -0.4 is 15.3 Å². The smallest absolute Gasteiger partial charge is 0.323 e. The van der Waals surface area contributed by atoms with Crippen LogP contribution in [0.4, 0.5) is 0 Å². The molecule has 0 heterocycles. The molecule has 0 aliphatic carbocycles. The number of ether oxygens (including phenoxy) is 1. The van der Waals surface area contributed by atoms with E-state index in [1.54, 1.807) is 31.2 Å². The van der Waals surface area contributed by atoms with Gasteiger partial charge in [0, 0.05) is 0 Å². The topological polar surface area (TPSA) is 90.7 Å². The largest absolute Gasteiger partial charge is 0.468 e. The molecule has 0 aliphatic rings. The minimum absolute atomic E-state index is 0.250. The van der Waals surface area contributed by atoms with Crippen molar-refractivity contribution in [3.63, 3.8) is 0 Å². The Hall–Kier alpha value is -1.36. The van der Waals surface area contributed by atoms with Crippen molar-refractivity contribution in [1.82, 2.24) is 5.09 Å². The molecule has 6 nitrogen and oxygen atoms in total. The Morgan fingerprint density at radius 2 is 2.05 bits per heavy atom. The minimum Gasteiger partial charge on any atom is -0.468 e. The number of nitrogens with one attached hydrogen (secondary N) is 1. The summed E-state index contributed by atoms with van der Waals surface area (Å²) in [6.07, 6.45) is 0.782. The Morgan fingerprint density at radius 3 is 2.60 bits per heavy atom. The molecule has 0 bridgehead atoms. The molecule has 1 aromatic carbocycles. The quantitative estimate of drug-likeness (QED) is 0.561. The maximum absolute atomic E-state index is 12.8. The summed E-state index contributed by atoms with van der Waals surface area (Å²) >= 11 is 0. The van der Waals surface area contributed by atoms with E-state index in [1.165, 1.54) is 7.11 Å². The first-order valence-corrected chi connectivity index (χ1v) is 8.21. The van der Waals surface area contributed by atoms with Crippen LogP contribution in [0.25, 0.3) is 0 Å². The van der Waals surface area contributed by atoms with Crippen molar-refractivity contribution in [2.24, 2.45) is 5.73 Å². The number of benzene rings is 1. The number of nitrogens with two attached hydrogens (primary N) is 1. The van der Waals surface area contributed by atoms with Crippen LogP contribution in [0.15, 0.2) is 30.3 Å². The zero-order chi connectivity index (χ0) is 15.0. The molecular formula is C13H21N2O4P. The van der Waals surface area contributed by atoms with Gasteiger partial charge in [-0.15, -0.1) is 0 Å². The number of hydrogen-bond donors (Lipinski definition) is 2. The number of carbonyl (C=O) groups is 1. The number of hydrogen-bond acceptors (Lipinski definition) is 5. The Bertz CT molecular complexity index is 467. The lowest BCUT2D eigenvalue weighted by Crippen LogP contribution is -2.34. The highest BCUT2D eigenvalue weighted by Gasteiger charge is 2.29. The number of rotatable bonds is 8. The molecule has 20 heavy (non-hydrogen) atoms. The second kappa shape index (κ2) is 8.04. The Balaban J connectivity index is 2.80. The molecule has 7 heteroatoms. The van der Waals surface area contributed by atoms with Gasteiger partial charge in [-0.05, 0) is 32.0 Å². The van der Waals surface area contributed by atoms with Gasteiger partial charge in [0.2, 0.25) is 0 Å². The van der Waals surface area contributed by atoms with Gasteiger partial charge in [0.1, 0.15) is 11.8 Å². The van der Waals surface area contributed by atoms with Gasteiger partial charge < -0.3 is 15.0 Å². The van der Waals surface area contributed by atoms with E-state index in [1.807, 2.05) is 6.07 Å². The van der Waals surface area contributed by atoms with Gasteiger partial charge in [-0.25, -0.2) is 5.09 Å². The van der Waals surface area contributed by atoms with Crippen molar-refractivity contribution >= 4 is 13.5 Å². The fourth-order valence-electron chi connectivity index (χ4n) is 1.61. The third-order valence-corrected chi connectivity index (χ3v) is 4.79. The summed E-state index contributed by atoms with van der Waals surface area (Å²) in [5.74, 6) is -0.00736. The second-order valence-electron chi connectivity index (χ2n) is 4.32. The van der Waals surface area contributed by atoms with E-state index in [0.29, 0.717) is 18.7 Å². The Morgan fingerprint density at radius 1 is 1.40 bits per heavy atom. The van der Waals surface area contributed by atoms with Gasteiger partial charge in [0.15, 0.2) is 0 Å². The van der Waals surface area contributed by atoms with E-state index in [0.717, 1.165) is 0 Å². The van der Waals surface area contributed by atoms with Crippen molar-refractivity contribution < 1.29 is 18.6 Å². The Labute approximate surface area is 119 Å². The van der Waals surface area contributed by atoms with Gasteiger partial charge >= 0.3 is 13.5 Å². The lowest BCUT2D eigenvalue weighted by atomic mass is 10.3. The second-order valence-corrected chi connectivity index (χ2v) is 6.55. The van der Waals surface area contributed by atoms with Gasteiger partial charge in [0.05, 0.1) is 13.3 Å². The first-order valence-electron chi connectivity index (χ1n) is 6.40. The summed E-state index contributed by atoms with van der Waals surface area (Å²) in [4.78, 5) is 11.4. The van der Waals surface area contributed by atoms with E-state index < -0.39 is 19.5 Å². The zero-order valence-corrected chi connectivity index (χ0v) is 12.6. The van der Waals surface area contributed by atoms with E-state index >= 15 is 0 Å². The summed E-state index contributed by atoms with van der Waals surface area (Å²) in [5.41, 5.74) is 5.45. The van der Waals surface area contributed by atoms with Gasteiger partial charge in [-0.1, -0.05) is 18.2 Å². The molecule has 1 rings (SSSR count). The van der Waals surface area contributed by atoms with Crippen molar-refractivity contribution in [1.29, 1.82) is 0 Å².